The van der Waals surface area contributed by atoms with Crippen LogP contribution in [0, 0.1) is 10.1 Å². The molecule has 2 N–H and O–H groups in total. The Labute approximate surface area is 132 Å². The van der Waals surface area contributed by atoms with E-state index in [0.717, 1.165) is 6.07 Å². The fraction of sp³-hybridized carbons (Fsp3) is 0.429. The van der Waals surface area contributed by atoms with Gasteiger partial charge in [-0.1, -0.05) is 0 Å². The van der Waals surface area contributed by atoms with E-state index in [2.05, 4.69) is 5.32 Å². The summed E-state index contributed by atoms with van der Waals surface area (Å²) in [6, 6.07) is 3.66. The van der Waals surface area contributed by atoms with E-state index < -0.39 is 22.3 Å². The van der Waals surface area contributed by atoms with Crippen LogP contribution < -0.4 is 10.1 Å². The SMILES string of the molecule is CCOc1ccc(C(=O)NC(C)(COC)C(=O)O)cc1[N+](=O)[O-]. The molecule has 1 rings (SSSR count). The maximum atomic E-state index is 12.2. The first-order chi connectivity index (χ1) is 10.7. The quantitative estimate of drug-likeness (QED) is 0.543. The second-order valence-electron chi connectivity index (χ2n) is 4.90. The number of nitrogens with one attached hydrogen (secondary N) is 1. The number of carboxylic acid groups (broad SMARTS) is 1. The van der Waals surface area contributed by atoms with Crippen molar-refractivity contribution in [1.82, 2.24) is 5.32 Å². The summed E-state index contributed by atoms with van der Waals surface area (Å²) in [5.41, 5.74) is -2.08. The van der Waals surface area contributed by atoms with Crippen LogP contribution in [-0.4, -0.2) is 47.8 Å². The number of amides is 1. The van der Waals surface area contributed by atoms with Crippen LogP contribution in [0.3, 0.4) is 0 Å². The highest BCUT2D eigenvalue weighted by molar-refractivity contribution is 5.98. The summed E-state index contributed by atoms with van der Waals surface area (Å²) < 4.78 is 9.92. The van der Waals surface area contributed by atoms with Crippen LogP contribution in [0.2, 0.25) is 0 Å². The maximum absolute atomic E-state index is 12.2. The number of benzene rings is 1. The summed E-state index contributed by atoms with van der Waals surface area (Å²) in [5.74, 6) is -2.02. The fourth-order valence-electron chi connectivity index (χ4n) is 1.84. The lowest BCUT2D eigenvalue weighted by molar-refractivity contribution is -0.385. The van der Waals surface area contributed by atoms with Crippen molar-refractivity contribution >= 4 is 17.6 Å². The molecule has 0 bridgehead atoms. The first-order valence-corrected chi connectivity index (χ1v) is 6.71. The predicted molar refractivity (Wildman–Crippen MR) is 79.6 cm³/mol. The second kappa shape index (κ2) is 7.54. The number of aliphatic carboxylic acids is 1. The van der Waals surface area contributed by atoms with Crippen LogP contribution in [0.1, 0.15) is 24.2 Å². The highest BCUT2D eigenvalue weighted by atomic mass is 16.6. The number of carbonyl (C=O) groups is 2. The van der Waals surface area contributed by atoms with Gasteiger partial charge in [0.2, 0.25) is 0 Å². The summed E-state index contributed by atoms with van der Waals surface area (Å²) in [5, 5.41) is 22.5. The van der Waals surface area contributed by atoms with E-state index in [1.807, 2.05) is 0 Å². The Morgan fingerprint density at radius 2 is 2.09 bits per heavy atom. The highest BCUT2D eigenvalue weighted by Crippen LogP contribution is 2.28. The van der Waals surface area contributed by atoms with Crippen molar-refractivity contribution in [3.8, 4) is 5.75 Å². The number of hydrogen-bond acceptors (Lipinski definition) is 6. The fourth-order valence-corrected chi connectivity index (χ4v) is 1.84. The van der Waals surface area contributed by atoms with Crippen LogP contribution in [0.4, 0.5) is 5.69 Å². The summed E-state index contributed by atoms with van der Waals surface area (Å²) in [6.45, 7) is 2.93. The number of rotatable bonds is 8. The Balaban J connectivity index is 3.11. The summed E-state index contributed by atoms with van der Waals surface area (Å²) in [4.78, 5) is 33.8. The summed E-state index contributed by atoms with van der Waals surface area (Å²) >= 11 is 0. The van der Waals surface area contributed by atoms with Gasteiger partial charge in [0.25, 0.3) is 5.91 Å². The third kappa shape index (κ3) is 4.39. The second-order valence-corrected chi connectivity index (χ2v) is 4.90. The van der Waals surface area contributed by atoms with E-state index in [1.54, 1.807) is 6.92 Å². The molecular formula is C14H18N2O7. The van der Waals surface area contributed by atoms with Gasteiger partial charge in [-0.15, -0.1) is 0 Å². The molecule has 1 unspecified atom stereocenters. The van der Waals surface area contributed by atoms with Gasteiger partial charge in [-0.25, -0.2) is 4.79 Å². The van der Waals surface area contributed by atoms with Gasteiger partial charge in [-0.05, 0) is 26.0 Å². The van der Waals surface area contributed by atoms with E-state index in [1.165, 1.54) is 26.2 Å². The van der Waals surface area contributed by atoms with Gasteiger partial charge < -0.3 is 19.9 Å². The van der Waals surface area contributed by atoms with E-state index in [0.29, 0.717) is 0 Å². The lowest BCUT2D eigenvalue weighted by Crippen LogP contribution is -2.55. The summed E-state index contributed by atoms with van der Waals surface area (Å²) in [6.07, 6.45) is 0. The molecule has 1 amide bonds. The lowest BCUT2D eigenvalue weighted by Gasteiger charge is -2.25. The topological polar surface area (TPSA) is 128 Å². The first-order valence-electron chi connectivity index (χ1n) is 6.71. The summed E-state index contributed by atoms with van der Waals surface area (Å²) in [7, 11) is 1.30. The predicted octanol–water partition coefficient (Wildman–Crippen LogP) is 1.21. The normalized spacial score (nSPS) is 13.0. The number of nitro benzene ring substituents is 1. The number of nitrogens with zero attached hydrogens (tertiary/aromatic N) is 1. The minimum atomic E-state index is -1.65. The molecular weight excluding hydrogens is 308 g/mol. The minimum absolute atomic E-state index is 0.0342. The van der Waals surface area contributed by atoms with Crippen molar-refractivity contribution in [3.63, 3.8) is 0 Å². The van der Waals surface area contributed by atoms with Crippen molar-refractivity contribution in [2.24, 2.45) is 0 Å². The molecule has 0 aliphatic rings. The molecule has 0 heterocycles. The Morgan fingerprint density at radius 3 is 2.57 bits per heavy atom. The molecule has 9 nitrogen and oxygen atoms in total. The van der Waals surface area contributed by atoms with Gasteiger partial charge >= 0.3 is 11.7 Å². The monoisotopic (exact) mass is 326 g/mol. The van der Waals surface area contributed by atoms with Gasteiger partial charge in [0.15, 0.2) is 11.3 Å². The molecule has 9 heteroatoms. The van der Waals surface area contributed by atoms with Crippen LogP contribution in [0.5, 0.6) is 5.75 Å². The van der Waals surface area contributed by atoms with Crippen LogP contribution in [0.25, 0.3) is 0 Å². The zero-order valence-electron chi connectivity index (χ0n) is 13.0. The van der Waals surface area contributed by atoms with Gasteiger partial charge in [0.1, 0.15) is 0 Å². The third-order valence-electron chi connectivity index (χ3n) is 3.01. The van der Waals surface area contributed by atoms with Gasteiger partial charge in [0, 0.05) is 18.7 Å². The molecule has 1 atom stereocenters. The Kier molecular flexibility index (Phi) is 6.02. The maximum Gasteiger partial charge on any atom is 0.331 e. The van der Waals surface area contributed by atoms with Crippen molar-refractivity contribution in [2.45, 2.75) is 19.4 Å². The van der Waals surface area contributed by atoms with Crippen LogP contribution in [0.15, 0.2) is 18.2 Å². The Bertz CT molecular complexity index is 617. The third-order valence-corrected chi connectivity index (χ3v) is 3.01. The number of hydrogen-bond donors (Lipinski definition) is 2. The molecule has 1 aromatic carbocycles. The van der Waals surface area contributed by atoms with Crippen molar-refractivity contribution in [3.05, 3.63) is 33.9 Å². The molecule has 0 aromatic heterocycles. The van der Waals surface area contributed by atoms with E-state index in [9.17, 15) is 24.8 Å². The molecule has 0 saturated carbocycles. The average Bonchev–Trinajstić information content (AvgIpc) is 2.47. The van der Waals surface area contributed by atoms with Crippen molar-refractivity contribution in [1.29, 1.82) is 0 Å². The van der Waals surface area contributed by atoms with Crippen molar-refractivity contribution < 1.29 is 29.1 Å². The molecule has 0 aliphatic heterocycles. The molecule has 126 valence electrons. The van der Waals surface area contributed by atoms with Gasteiger partial charge in [0.05, 0.1) is 18.1 Å². The largest absolute Gasteiger partial charge is 0.487 e. The highest BCUT2D eigenvalue weighted by Gasteiger charge is 2.35. The molecule has 1 aromatic rings. The smallest absolute Gasteiger partial charge is 0.331 e. The Morgan fingerprint density at radius 1 is 1.43 bits per heavy atom. The first kappa shape index (κ1) is 18.4. The number of carboxylic acids is 1. The number of ether oxygens (including phenoxy) is 2. The number of methoxy groups -OCH3 is 1. The minimum Gasteiger partial charge on any atom is -0.487 e. The molecule has 0 saturated heterocycles. The zero-order chi connectivity index (χ0) is 17.6. The molecule has 0 aliphatic carbocycles. The number of nitro groups is 1. The van der Waals surface area contributed by atoms with Crippen LogP contribution in [-0.2, 0) is 9.53 Å². The molecule has 0 fully saturated rings. The zero-order valence-corrected chi connectivity index (χ0v) is 13.0. The average molecular weight is 326 g/mol. The molecule has 23 heavy (non-hydrogen) atoms. The van der Waals surface area contributed by atoms with E-state index in [-0.39, 0.29) is 30.2 Å². The van der Waals surface area contributed by atoms with E-state index in [4.69, 9.17) is 9.47 Å². The Hall–Kier alpha value is -2.68. The van der Waals surface area contributed by atoms with E-state index >= 15 is 0 Å². The number of carbonyl (C=O) groups excluding carboxylic acids is 1. The van der Waals surface area contributed by atoms with Gasteiger partial charge in [-0.2, -0.15) is 0 Å². The lowest BCUT2D eigenvalue weighted by atomic mass is 10.0. The standard InChI is InChI=1S/C14H18N2O7/c1-4-23-11-6-5-9(7-10(11)16(20)21)12(17)15-14(2,8-22-3)13(18)19/h5-7H,4,8H2,1-3H3,(H,15,17)(H,18,19). The van der Waals surface area contributed by atoms with Crippen LogP contribution >= 0.6 is 0 Å². The molecule has 0 spiro atoms. The molecule has 0 radical (unpaired) electrons. The van der Waals surface area contributed by atoms with Gasteiger partial charge in [-0.3, -0.25) is 14.9 Å². The van der Waals surface area contributed by atoms with Crippen molar-refractivity contribution in [2.75, 3.05) is 20.3 Å².